The van der Waals surface area contributed by atoms with E-state index in [9.17, 15) is 0 Å². The minimum atomic E-state index is 0.208. The Morgan fingerprint density at radius 1 is 1.19 bits per heavy atom. The van der Waals surface area contributed by atoms with Crippen LogP contribution >= 0.6 is 0 Å². The minimum Gasteiger partial charge on any atom is -0.313 e. The molecule has 0 aliphatic carbocycles. The second-order valence-corrected chi connectivity index (χ2v) is 5.36. The maximum absolute atomic E-state index is 3.44. The van der Waals surface area contributed by atoms with Crippen LogP contribution in [0.15, 0.2) is 30.3 Å². The second kappa shape index (κ2) is 5.46. The highest BCUT2D eigenvalue weighted by atomic mass is 15.1. The van der Waals surface area contributed by atoms with Gasteiger partial charge in [-0.3, -0.25) is 0 Å². The summed E-state index contributed by atoms with van der Waals surface area (Å²) in [5, 5.41) is 3.44. The van der Waals surface area contributed by atoms with Gasteiger partial charge in [-0.15, -0.1) is 0 Å². The third-order valence-electron chi connectivity index (χ3n) is 2.93. The fourth-order valence-corrected chi connectivity index (χ4v) is 2.56. The number of nitrogens with zero attached hydrogens (tertiary/aromatic N) is 1. The van der Waals surface area contributed by atoms with Gasteiger partial charge in [0, 0.05) is 12.6 Å². The molecule has 0 aliphatic heterocycles. The SMILES string of the molecule is CNC(c1ccccc1)C(C)(C)CN(C)C. The average Bonchev–Trinajstić information content (AvgIpc) is 2.17. The topological polar surface area (TPSA) is 15.3 Å². The molecule has 1 rings (SSSR count). The van der Waals surface area contributed by atoms with Crippen molar-refractivity contribution in [2.45, 2.75) is 19.9 Å². The van der Waals surface area contributed by atoms with Gasteiger partial charge < -0.3 is 10.2 Å². The number of benzene rings is 1. The van der Waals surface area contributed by atoms with Gasteiger partial charge in [0.15, 0.2) is 0 Å². The largest absolute Gasteiger partial charge is 0.313 e. The van der Waals surface area contributed by atoms with E-state index in [1.807, 2.05) is 7.05 Å². The van der Waals surface area contributed by atoms with Crippen molar-refractivity contribution in [3.05, 3.63) is 35.9 Å². The standard InChI is InChI=1S/C14H24N2/c1-14(2,11-16(4)5)13(15-3)12-9-7-6-8-10-12/h6-10,13,15H,11H2,1-5H3. The predicted octanol–water partition coefficient (Wildman–Crippen LogP) is 2.53. The molecule has 0 saturated carbocycles. The number of nitrogens with one attached hydrogen (secondary N) is 1. The van der Waals surface area contributed by atoms with Crippen LogP contribution in [0.4, 0.5) is 0 Å². The first-order valence-electron chi connectivity index (χ1n) is 5.84. The van der Waals surface area contributed by atoms with E-state index in [1.165, 1.54) is 5.56 Å². The Hall–Kier alpha value is -0.860. The lowest BCUT2D eigenvalue weighted by atomic mass is 9.80. The van der Waals surface area contributed by atoms with Gasteiger partial charge in [0.1, 0.15) is 0 Å². The average molecular weight is 220 g/mol. The summed E-state index contributed by atoms with van der Waals surface area (Å²) in [7, 11) is 6.29. The monoisotopic (exact) mass is 220 g/mol. The Morgan fingerprint density at radius 2 is 1.75 bits per heavy atom. The van der Waals surface area contributed by atoms with Crippen LogP contribution in [0, 0.1) is 5.41 Å². The van der Waals surface area contributed by atoms with Gasteiger partial charge in [-0.1, -0.05) is 44.2 Å². The van der Waals surface area contributed by atoms with Crippen LogP contribution in [-0.2, 0) is 0 Å². The van der Waals surface area contributed by atoms with Crippen molar-refractivity contribution in [1.82, 2.24) is 10.2 Å². The molecular formula is C14H24N2. The summed E-state index contributed by atoms with van der Waals surface area (Å²) in [6.07, 6.45) is 0. The van der Waals surface area contributed by atoms with Gasteiger partial charge in [-0.2, -0.15) is 0 Å². The Bertz CT molecular complexity index is 304. The zero-order valence-corrected chi connectivity index (χ0v) is 11.1. The first-order chi connectivity index (χ1) is 7.47. The summed E-state index contributed by atoms with van der Waals surface area (Å²) in [6.45, 7) is 5.68. The Kier molecular flexibility index (Phi) is 4.51. The highest BCUT2D eigenvalue weighted by molar-refractivity contribution is 5.21. The van der Waals surface area contributed by atoms with E-state index in [2.05, 4.69) is 68.5 Å². The van der Waals surface area contributed by atoms with Crippen LogP contribution in [0.1, 0.15) is 25.5 Å². The molecule has 0 spiro atoms. The van der Waals surface area contributed by atoms with Gasteiger partial charge in [0.2, 0.25) is 0 Å². The van der Waals surface area contributed by atoms with Crippen LogP contribution in [-0.4, -0.2) is 32.6 Å². The van der Waals surface area contributed by atoms with Crippen LogP contribution in [0.25, 0.3) is 0 Å². The predicted molar refractivity (Wildman–Crippen MR) is 70.6 cm³/mol. The van der Waals surface area contributed by atoms with Crippen LogP contribution < -0.4 is 5.32 Å². The van der Waals surface area contributed by atoms with Gasteiger partial charge >= 0.3 is 0 Å². The third kappa shape index (κ3) is 3.32. The first-order valence-corrected chi connectivity index (χ1v) is 5.84. The number of hydrogen-bond acceptors (Lipinski definition) is 2. The highest BCUT2D eigenvalue weighted by Crippen LogP contribution is 2.33. The lowest BCUT2D eigenvalue weighted by molar-refractivity contribution is 0.181. The van der Waals surface area contributed by atoms with Crippen LogP contribution in [0.5, 0.6) is 0 Å². The Morgan fingerprint density at radius 3 is 2.19 bits per heavy atom. The van der Waals surface area contributed by atoms with Crippen LogP contribution in [0.3, 0.4) is 0 Å². The fraction of sp³-hybridized carbons (Fsp3) is 0.571. The fourth-order valence-electron chi connectivity index (χ4n) is 2.56. The Labute approximate surface area is 99.7 Å². The second-order valence-electron chi connectivity index (χ2n) is 5.36. The zero-order valence-electron chi connectivity index (χ0n) is 11.1. The molecule has 0 saturated heterocycles. The van der Waals surface area contributed by atoms with E-state index in [-0.39, 0.29) is 5.41 Å². The first kappa shape index (κ1) is 13.2. The molecule has 0 aliphatic rings. The van der Waals surface area contributed by atoms with E-state index >= 15 is 0 Å². The van der Waals surface area contributed by atoms with Crippen molar-refractivity contribution < 1.29 is 0 Å². The normalized spacial score (nSPS) is 14.1. The van der Waals surface area contributed by atoms with E-state index in [1.54, 1.807) is 0 Å². The van der Waals surface area contributed by atoms with E-state index in [0.29, 0.717) is 6.04 Å². The molecule has 1 unspecified atom stereocenters. The number of hydrogen-bond donors (Lipinski definition) is 1. The molecule has 90 valence electrons. The molecule has 0 fully saturated rings. The van der Waals surface area contributed by atoms with Gasteiger partial charge in [-0.05, 0) is 32.1 Å². The van der Waals surface area contributed by atoms with Crippen LogP contribution in [0.2, 0.25) is 0 Å². The lowest BCUT2D eigenvalue weighted by Gasteiger charge is -2.36. The molecule has 1 atom stereocenters. The van der Waals surface area contributed by atoms with E-state index < -0.39 is 0 Å². The smallest absolute Gasteiger partial charge is 0.0381 e. The quantitative estimate of drug-likeness (QED) is 0.820. The third-order valence-corrected chi connectivity index (χ3v) is 2.93. The molecule has 1 aromatic rings. The summed E-state index contributed by atoms with van der Waals surface area (Å²) >= 11 is 0. The van der Waals surface area contributed by atoms with E-state index in [0.717, 1.165) is 6.54 Å². The molecule has 0 heterocycles. The summed E-state index contributed by atoms with van der Waals surface area (Å²) in [5.41, 5.74) is 1.57. The molecule has 16 heavy (non-hydrogen) atoms. The molecule has 0 bridgehead atoms. The maximum atomic E-state index is 3.44. The summed E-state index contributed by atoms with van der Waals surface area (Å²) in [6, 6.07) is 11.0. The maximum Gasteiger partial charge on any atom is 0.0381 e. The summed E-state index contributed by atoms with van der Waals surface area (Å²) < 4.78 is 0. The summed E-state index contributed by atoms with van der Waals surface area (Å²) in [5.74, 6) is 0. The van der Waals surface area contributed by atoms with Crippen molar-refractivity contribution in [3.8, 4) is 0 Å². The molecule has 2 nitrogen and oxygen atoms in total. The van der Waals surface area contributed by atoms with Crippen molar-refractivity contribution in [3.63, 3.8) is 0 Å². The summed E-state index contributed by atoms with van der Waals surface area (Å²) in [4.78, 5) is 2.24. The van der Waals surface area contributed by atoms with Gasteiger partial charge in [-0.25, -0.2) is 0 Å². The molecule has 0 aromatic heterocycles. The highest BCUT2D eigenvalue weighted by Gasteiger charge is 2.29. The van der Waals surface area contributed by atoms with Crippen molar-refractivity contribution in [2.75, 3.05) is 27.7 Å². The molecule has 0 radical (unpaired) electrons. The Balaban J connectivity index is 2.89. The molecule has 1 N–H and O–H groups in total. The molecule has 0 amide bonds. The van der Waals surface area contributed by atoms with Gasteiger partial charge in [0.05, 0.1) is 0 Å². The molecule has 1 aromatic carbocycles. The van der Waals surface area contributed by atoms with E-state index in [4.69, 9.17) is 0 Å². The van der Waals surface area contributed by atoms with Crippen molar-refractivity contribution in [2.24, 2.45) is 5.41 Å². The number of rotatable bonds is 5. The van der Waals surface area contributed by atoms with Crippen molar-refractivity contribution in [1.29, 1.82) is 0 Å². The molecular weight excluding hydrogens is 196 g/mol. The van der Waals surface area contributed by atoms with Crippen molar-refractivity contribution >= 4 is 0 Å². The lowest BCUT2D eigenvalue weighted by Crippen LogP contribution is -2.39. The minimum absolute atomic E-state index is 0.208. The zero-order chi connectivity index (χ0) is 12.2. The van der Waals surface area contributed by atoms with Gasteiger partial charge in [0.25, 0.3) is 0 Å². The molecule has 2 heteroatoms.